The molecule has 1 fully saturated rings. The maximum absolute atomic E-state index is 3.59. The molecule has 3 heteroatoms. The minimum atomic E-state index is 0.545. The first-order valence-electron chi connectivity index (χ1n) is 11.7. The summed E-state index contributed by atoms with van der Waals surface area (Å²) in [5, 5.41) is 0. The van der Waals surface area contributed by atoms with Crippen LogP contribution in [0.25, 0.3) is 11.1 Å². The minimum absolute atomic E-state index is 0.545. The lowest BCUT2D eigenvalue weighted by Gasteiger charge is -2.32. The fourth-order valence-corrected chi connectivity index (χ4v) is 4.23. The highest BCUT2D eigenvalue weighted by Gasteiger charge is 2.18. The minimum Gasteiger partial charge on any atom is -0.321 e. The van der Waals surface area contributed by atoms with E-state index in [1.165, 1.54) is 88.5 Å². The molecular formula is C26H39N3. The van der Waals surface area contributed by atoms with Crippen molar-refractivity contribution in [2.24, 2.45) is 0 Å². The third kappa shape index (κ3) is 7.49. The Labute approximate surface area is 177 Å². The Hall–Kier alpha value is -1.84. The molecule has 1 aliphatic heterocycles. The van der Waals surface area contributed by atoms with Gasteiger partial charge < -0.3 is 10.3 Å². The monoisotopic (exact) mass is 393 g/mol. The maximum Gasteiger partial charge on any atom is 0.0566 e. The second-order valence-corrected chi connectivity index (χ2v) is 8.42. The van der Waals surface area contributed by atoms with Gasteiger partial charge in [0.25, 0.3) is 0 Å². The van der Waals surface area contributed by atoms with Gasteiger partial charge >= 0.3 is 0 Å². The predicted octanol–water partition coefficient (Wildman–Crippen LogP) is 6.49. The van der Waals surface area contributed by atoms with Crippen molar-refractivity contribution in [2.75, 3.05) is 25.1 Å². The first kappa shape index (κ1) is 21.9. The van der Waals surface area contributed by atoms with Gasteiger partial charge in [-0.15, -0.1) is 0 Å². The Morgan fingerprint density at radius 3 is 2.21 bits per heavy atom. The van der Waals surface area contributed by atoms with E-state index in [4.69, 9.17) is 0 Å². The molecule has 0 amide bonds. The number of para-hydroxylation sites is 1. The molecular weight excluding hydrogens is 354 g/mol. The van der Waals surface area contributed by atoms with Gasteiger partial charge in [-0.05, 0) is 50.5 Å². The number of benzene rings is 2. The Bertz CT molecular complexity index is 677. The molecule has 1 heterocycles. The first-order valence-corrected chi connectivity index (χ1v) is 11.7. The van der Waals surface area contributed by atoms with E-state index in [0.29, 0.717) is 6.04 Å². The fourth-order valence-electron chi connectivity index (χ4n) is 4.23. The van der Waals surface area contributed by atoms with Crippen LogP contribution in [0.5, 0.6) is 0 Å². The molecule has 0 radical (unpaired) electrons. The van der Waals surface area contributed by atoms with Crippen molar-refractivity contribution in [3.63, 3.8) is 0 Å². The lowest BCUT2D eigenvalue weighted by molar-refractivity contribution is 0.198. The summed E-state index contributed by atoms with van der Waals surface area (Å²) in [5.74, 6) is 0. The van der Waals surface area contributed by atoms with E-state index in [1.54, 1.807) is 0 Å². The zero-order chi connectivity index (χ0) is 20.2. The van der Waals surface area contributed by atoms with E-state index in [2.05, 4.69) is 77.3 Å². The van der Waals surface area contributed by atoms with Crippen LogP contribution in [0.4, 0.5) is 5.69 Å². The zero-order valence-electron chi connectivity index (χ0n) is 18.2. The van der Waals surface area contributed by atoms with Crippen LogP contribution in [0.1, 0.15) is 64.7 Å². The smallest absolute Gasteiger partial charge is 0.0566 e. The van der Waals surface area contributed by atoms with Gasteiger partial charge in [0.15, 0.2) is 0 Å². The molecule has 0 atom stereocenters. The van der Waals surface area contributed by atoms with Gasteiger partial charge in [0.05, 0.1) is 5.69 Å². The highest BCUT2D eigenvalue weighted by Crippen LogP contribution is 2.27. The molecule has 158 valence electrons. The van der Waals surface area contributed by atoms with E-state index in [0.717, 1.165) is 5.69 Å². The average Bonchev–Trinajstić information content (AvgIpc) is 2.79. The van der Waals surface area contributed by atoms with E-state index >= 15 is 0 Å². The molecule has 0 unspecified atom stereocenters. The Balaban J connectivity index is 1.35. The van der Waals surface area contributed by atoms with Gasteiger partial charge in [-0.3, -0.25) is 0 Å². The number of nitrogens with one attached hydrogen (secondary N) is 2. The summed E-state index contributed by atoms with van der Waals surface area (Å²) in [7, 11) is 0. The first-order chi connectivity index (χ1) is 14.4. The number of anilines is 1. The molecule has 1 saturated heterocycles. The van der Waals surface area contributed by atoms with Gasteiger partial charge in [-0.1, -0.05) is 94.0 Å². The Morgan fingerprint density at radius 2 is 1.45 bits per heavy atom. The zero-order valence-corrected chi connectivity index (χ0v) is 18.2. The van der Waals surface area contributed by atoms with Gasteiger partial charge in [-0.2, -0.15) is 0 Å². The Morgan fingerprint density at radius 1 is 0.793 bits per heavy atom. The average molecular weight is 394 g/mol. The highest BCUT2D eigenvalue weighted by molar-refractivity contribution is 5.77. The SMILES string of the molecule is CCCCCCCCCN1CCC(NNc2ccccc2-c2ccccc2)CC1. The van der Waals surface area contributed by atoms with Crippen LogP contribution in [0.2, 0.25) is 0 Å². The lowest BCUT2D eigenvalue weighted by Crippen LogP contribution is -2.44. The molecule has 3 rings (SSSR count). The van der Waals surface area contributed by atoms with E-state index in [-0.39, 0.29) is 0 Å². The van der Waals surface area contributed by atoms with Crippen LogP contribution >= 0.6 is 0 Å². The predicted molar refractivity (Wildman–Crippen MR) is 126 cm³/mol. The second-order valence-electron chi connectivity index (χ2n) is 8.42. The van der Waals surface area contributed by atoms with Gasteiger partial charge in [0, 0.05) is 11.6 Å². The van der Waals surface area contributed by atoms with Crippen molar-refractivity contribution < 1.29 is 0 Å². The van der Waals surface area contributed by atoms with Crippen LogP contribution in [0.3, 0.4) is 0 Å². The van der Waals surface area contributed by atoms with E-state index in [9.17, 15) is 0 Å². The Kier molecular flexibility index (Phi) is 9.55. The van der Waals surface area contributed by atoms with Crippen LogP contribution in [-0.2, 0) is 0 Å². The van der Waals surface area contributed by atoms with Crippen LogP contribution in [-0.4, -0.2) is 30.6 Å². The van der Waals surface area contributed by atoms with Crippen molar-refractivity contribution >= 4 is 5.69 Å². The summed E-state index contributed by atoms with van der Waals surface area (Å²) in [4.78, 5) is 2.65. The molecule has 2 aromatic rings. The van der Waals surface area contributed by atoms with Crippen LogP contribution in [0.15, 0.2) is 54.6 Å². The fraction of sp³-hybridized carbons (Fsp3) is 0.538. The van der Waals surface area contributed by atoms with Gasteiger partial charge in [0.2, 0.25) is 0 Å². The van der Waals surface area contributed by atoms with Crippen molar-refractivity contribution in [3.8, 4) is 11.1 Å². The standard InChI is InChI=1S/C26H39N3/c1-2-3-4-5-6-7-13-20-29-21-18-24(19-22-29)27-28-26-17-12-11-16-25(26)23-14-9-8-10-15-23/h8-12,14-17,24,27-28H,2-7,13,18-22H2,1H3. The van der Waals surface area contributed by atoms with E-state index < -0.39 is 0 Å². The summed E-state index contributed by atoms with van der Waals surface area (Å²) < 4.78 is 0. The number of likely N-dealkylation sites (tertiary alicyclic amines) is 1. The maximum atomic E-state index is 3.59. The van der Waals surface area contributed by atoms with Crippen LogP contribution < -0.4 is 10.9 Å². The van der Waals surface area contributed by atoms with E-state index in [1.807, 2.05) is 0 Å². The molecule has 0 aromatic heterocycles. The normalized spacial score (nSPS) is 15.5. The molecule has 0 saturated carbocycles. The molecule has 0 aliphatic carbocycles. The number of hydrogen-bond donors (Lipinski definition) is 2. The van der Waals surface area contributed by atoms with Gasteiger partial charge in [0.1, 0.15) is 0 Å². The number of nitrogens with zero attached hydrogens (tertiary/aromatic N) is 1. The second kappa shape index (κ2) is 12.7. The van der Waals surface area contributed by atoms with Crippen LogP contribution in [0, 0.1) is 0 Å². The number of hydrogen-bond acceptors (Lipinski definition) is 3. The number of piperidine rings is 1. The largest absolute Gasteiger partial charge is 0.321 e. The van der Waals surface area contributed by atoms with Crippen molar-refractivity contribution in [2.45, 2.75) is 70.8 Å². The summed E-state index contributed by atoms with van der Waals surface area (Å²) in [6.07, 6.45) is 12.2. The summed E-state index contributed by atoms with van der Waals surface area (Å²) in [6, 6.07) is 19.7. The molecule has 29 heavy (non-hydrogen) atoms. The number of hydrazine groups is 1. The summed E-state index contributed by atoms with van der Waals surface area (Å²) >= 11 is 0. The molecule has 1 aliphatic rings. The van der Waals surface area contributed by atoms with Crippen molar-refractivity contribution in [3.05, 3.63) is 54.6 Å². The summed E-state index contributed by atoms with van der Waals surface area (Å²) in [6.45, 7) is 6.01. The topological polar surface area (TPSA) is 27.3 Å². The molecule has 0 spiro atoms. The molecule has 2 N–H and O–H groups in total. The van der Waals surface area contributed by atoms with Crippen molar-refractivity contribution in [1.29, 1.82) is 0 Å². The quantitative estimate of drug-likeness (QED) is 0.319. The molecule has 0 bridgehead atoms. The molecule has 2 aromatic carbocycles. The third-order valence-electron chi connectivity index (χ3n) is 6.09. The van der Waals surface area contributed by atoms with Gasteiger partial charge in [-0.25, -0.2) is 5.43 Å². The third-order valence-corrected chi connectivity index (χ3v) is 6.09. The lowest BCUT2D eigenvalue weighted by atomic mass is 10.0. The highest BCUT2D eigenvalue weighted by atomic mass is 15.4. The molecule has 3 nitrogen and oxygen atoms in total. The number of unbranched alkanes of at least 4 members (excludes halogenated alkanes) is 6. The van der Waals surface area contributed by atoms with Crippen molar-refractivity contribution in [1.82, 2.24) is 10.3 Å². The number of rotatable bonds is 12. The summed E-state index contributed by atoms with van der Waals surface area (Å²) in [5.41, 5.74) is 10.7.